The summed E-state index contributed by atoms with van der Waals surface area (Å²) in [6.07, 6.45) is 2.62. The summed E-state index contributed by atoms with van der Waals surface area (Å²) in [5.41, 5.74) is 0.874. The summed E-state index contributed by atoms with van der Waals surface area (Å²) < 4.78 is 26.7. The Bertz CT molecular complexity index is 1160. The number of esters is 1. The smallest absolute Gasteiger partial charge is 0.306 e. The van der Waals surface area contributed by atoms with Gasteiger partial charge < -0.3 is 19.5 Å². The van der Waals surface area contributed by atoms with Crippen molar-refractivity contribution in [2.75, 3.05) is 39.1 Å². The van der Waals surface area contributed by atoms with Crippen LogP contribution in [0.15, 0.2) is 46.1 Å². The van der Waals surface area contributed by atoms with E-state index in [4.69, 9.17) is 9.47 Å². The predicted molar refractivity (Wildman–Crippen MR) is 147 cm³/mol. The fraction of sp³-hybridized carbons (Fsp3) is 0.500. The number of halogens is 1. The van der Waals surface area contributed by atoms with Gasteiger partial charge in [0.15, 0.2) is 0 Å². The van der Waals surface area contributed by atoms with Gasteiger partial charge in [-0.2, -0.15) is 0 Å². The lowest BCUT2D eigenvalue weighted by molar-refractivity contribution is -0.145. The lowest BCUT2D eigenvalue weighted by Crippen LogP contribution is -2.42. The highest BCUT2D eigenvalue weighted by molar-refractivity contribution is 8.01. The van der Waals surface area contributed by atoms with Gasteiger partial charge in [0.05, 0.1) is 35.7 Å². The molecule has 3 aromatic rings. The third-order valence-electron chi connectivity index (χ3n) is 7.07. The van der Waals surface area contributed by atoms with Crippen LogP contribution in [-0.2, 0) is 9.53 Å². The van der Waals surface area contributed by atoms with E-state index in [1.54, 1.807) is 36.6 Å². The molecule has 2 aromatic heterocycles. The maximum atomic E-state index is 14.8. The molecule has 200 valence electrons. The SMILES string of the molecule is CCOC(=O)CC1CN(CCSc2cccs2)CCC1CCC(O)c1c(F)cnc2ccc(OC)cc12. The second-order valence-electron chi connectivity index (χ2n) is 9.40. The first-order chi connectivity index (χ1) is 18.0. The van der Waals surface area contributed by atoms with Crippen LogP contribution in [0.2, 0.25) is 0 Å². The van der Waals surface area contributed by atoms with Crippen molar-refractivity contribution in [3.8, 4) is 5.75 Å². The molecule has 4 rings (SSSR count). The van der Waals surface area contributed by atoms with Crippen molar-refractivity contribution < 1.29 is 23.8 Å². The Hall–Kier alpha value is -2.20. The number of carbonyl (C=O) groups is 1. The van der Waals surface area contributed by atoms with E-state index >= 15 is 0 Å². The normalized spacial score (nSPS) is 19.1. The Morgan fingerprint density at radius 1 is 1.35 bits per heavy atom. The van der Waals surface area contributed by atoms with E-state index in [0.29, 0.717) is 42.5 Å². The van der Waals surface area contributed by atoms with Crippen LogP contribution < -0.4 is 4.74 Å². The zero-order valence-electron chi connectivity index (χ0n) is 21.4. The Balaban J connectivity index is 1.41. The molecule has 0 radical (unpaired) electrons. The van der Waals surface area contributed by atoms with Gasteiger partial charge in [-0.15, -0.1) is 23.1 Å². The average Bonchev–Trinajstić information content (AvgIpc) is 3.41. The fourth-order valence-electron chi connectivity index (χ4n) is 5.18. The number of methoxy groups -OCH3 is 1. The molecular formula is C28H35FN2O4S2. The van der Waals surface area contributed by atoms with Crippen molar-refractivity contribution in [3.05, 3.63) is 53.3 Å². The maximum absolute atomic E-state index is 14.8. The van der Waals surface area contributed by atoms with Gasteiger partial charge in [0, 0.05) is 36.2 Å². The quantitative estimate of drug-likeness (QED) is 0.223. The van der Waals surface area contributed by atoms with Crippen LogP contribution in [0.1, 0.15) is 44.3 Å². The zero-order valence-corrected chi connectivity index (χ0v) is 23.0. The highest BCUT2D eigenvalue weighted by atomic mass is 32.2. The van der Waals surface area contributed by atoms with Crippen LogP contribution in [0.25, 0.3) is 10.9 Å². The van der Waals surface area contributed by atoms with E-state index in [2.05, 4.69) is 27.4 Å². The summed E-state index contributed by atoms with van der Waals surface area (Å²) in [6, 6.07) is 9.47. The van der Waals surface area contributed by atoms with Crippen LogP contribution in [0.5, 0.6) is 5.75 Å². The average molecular weight is 547 g/mol. The van der Waals surface area contributed by atoms with Gasteiger partial charge in [-0.25, -0.2) is 4.39 Å². The van der Waals surface area contributed by atoms with Gasteiger partial charge in [-0.05, 0) is 74.2 Å². The van der Waals surface area contributed by atoms with Gasteiger partial charge in [-0.3, -0.25) is 9.78 Å². The molecule has 1 aliphatic heterocycles. The summed E-state index contributed by atoms with van der Waals surface area (Å²) in [6.45, 7) is 4.94. The summed E-state index contributed by atoms with van der Waals surface area (Å²) in [7, 11) is 1.56. The van der Waals surface area contributed by atoms with Crippen LogP contribution in [0.4, 0.5) is 4.39 Å². The van der Waals surface area contributed by atoms with Crippen molar-refractivity contribution >= 4 is 40.0 Å². The third-order valence-corrected chi connectivity index (χ3v) is 9.18. The van der Waals surface area contributed by atoms with Gasteiger partial charge in [-0.1, -0.05) is 6.07 Å². The van der Waals surface area contributed by atoms with Crippen LogP contribution >= 0.6 is 23.1 Å². The van der Waals surface area contributed by atoms with E-state index in [0.717, 1.165) is 31.8 Å². The number of benzene rings is 1. The van der Waals surface area contributed by atoms with Gasteiger partial charge >= 0.3 is 5.97 Å². The third kappa shape index (κ3) is 7.44. The number of aliphatic hydroxyl groups excluding tert-OH is 1. The number of carbonyl (C=O) groups excluding carboxylic acids is 1. The molecule has 0 aliphatic carbocycles. The van der Waals surface area contributed by atoms with Gasteiger partial charge in [0.2, 0.25) is 0 Å². The van der Waals surface area contributed by atoms with Crippen molar-refractivity contribution in [1.29, 1.82) is 0 Å². The van der Waals surface area contributed by atoms with E-state index in [1.165, 1.54) is 10.4 Å². The molecule has 1 saturated heterocycles. The molecule has 1 N–H and O–H groups in total. The number of fused-ring (bicyclic) bond motifs is 1. The van der Waals surface area contributed by atoms with Crippen molar-refractivity contribution in [1.82, 2.24) is 9.88 Å². The van der Waals surface area contributed by atoms with Crippen molar-refractivity contribution in [3.63, 3.8) is 0 Å². The van der Waals surface area contributed by atoms with Gasteiger partial charge in [0.25, 0.3) is 0 Å². The largest absolute Gasteiger partial charge is 0.497 e. The topological polar surface area (TPSA) is 71.9 Å². The van der Waals surface area contributed by atoms with Crippen molar-refractivity contribution in [2.24, 2.45) is 11.8 Å². The number of aromatic nitrogens is 1. The molecule has 0 amide bonds. The lowest BCUT2D eigenvalue weighted by Gasteiger charge is -2.38. The first-order valence-electron chi connectivity index (χ1n) is 12.8. The zero-order chi connectivity index (χ0) is 26.2. The molecule has 1 aliphatic rings. The highest BCUT2D eigenvalue weighted by Crippen LogP contribution is 2.36. The molecule has 1 aromatic carbocycles. The number of rotatable bonds is 12. The molecular weight excluding hydrogens is 511 g/mol. The minimum atomic E-state index is -0.971. The van der Waals surface area contributed by atoms with E-state index < -0.39 is 11.9 Å². The molecule has 1 fully saturated rings. The fourth-order valence-corrected chi connectivity index (χ4v) is 7.04. The Morgan fingerprint density at radius 3 is 2.97 bits per heavy atom. The first kappa shape index (κ1) is 27.8. The maximum Gasteiger partial charge on any atom is 0.306 e. The summed E-state index contributed by atoms with van der Waals surface area (Å²) in [5.74, 6) is 1.30. The molecule has 3 unspecified atom stereocenters. The number of piperidine rings is 1. The standard InChI is InChI=1S/C28H35FN2O4S2/c1-3-35-26(33)15-20-18-31(12-14-37-27-5-4-13-36-27)11-10-19(20)6-9-25(32)28-22-16-21(34-2)7-8-24(22)30-17-23(28)29/h4-5,7-8,13,16-17,19-20,25,32H,3,6,9-12,14-15,18H2,1-2H3. The highest BCUT2D eigenvalue weighted by Gasteiger charge is 2.32. The van der Waals surface area contributed by atoms with E-state index in [-0.39, 0.29) is 23.4 Å². The monoisotopic (exact) mass is 546 g/mol. The minimum absolute atomic E-state index is 0.144. The number of ether oxygens (including phenoxy) is 2. The second-order valence-corrected chi connectivity index (χ2v) is 11.7. The minimum Gasteiger partial charge on any atom is -0.497 e. The number of pyridine rings is 1. The Morgan fingerprint density at radius 2 is 2.22 bits per heavy atom. The summed E-state index contributed by atoms with van der Waals surface area (Å²) >= 11 is 3.62. The predicted octanol–water partition coefficient (Wildman–Crippen LogP) is 5.94. The van der Waals surface area contributed by atoms with Crippen LogP contribution in [0.3, 0.4) is 0 Å². The molecule has 3 heterocycles. The lowest BCUT2D eigenvalue weighted by atomic mass is 9.79. The Labute approximate surface area is 226 Å². The van der Waals surface area contributed by atoms with Crippen LogP contribution in [0, 0.1) is 17.7 Å². The van der Waals surface area contributed by atoms with E-state index in [1.807, 2.05) is 18.7 Å². The molecule has 3 atom stereocenters. The summed E-state index contributed by atoms with van der Waals surface area (Å²) in [4.78, 5) is 19.0. The van der Waals surface area contributed by atoms with Crippen LogP contribution in [-0.4, -0.2) is 60.1 Å². The number of hydrogen-bond acceptors (Lipinski definition) is 8. The molecule has 0 saturated carbocycles. The number of thiophene rings is 1. The molecule has 9 heteroatoms. The molecule has 0 bridgehead atoms. The molecule has 0 spiro atoms. The Kier molecular flexibility index (Phi) is 10.2. The number of thioether (sulfide) groups is 1. The molecule has 6 nitrogen and oxygen atoms in total. The van der Waals surface area contributed by atoms with E-state index in [9.17, 15) is 14.3 Å². The number of likely N-dealkylation sites (tertiary alicyclic amines) is 1. The van der Waals surface area contributed by atoms with Crippen molar-refractivity contribution in [2.45, 2.75) is 42.9 Å². The number of nitrogens with zero attached hydrogens (tertiary/aromatic N) is 2. The molecule has 37 heavy (non-hydrogen) atoms. The number of hydrogen-bond donors (Lipinski definition) is 1. The summed E-state index contributed by atoms with van der Waals surface area (Å²) in [5, 5.41) is 13.7. The first-order valence-corrected chi connectivity index (χ1v) is 14.7. The van der Waals surface area contributed by atoms with Gasteiger partial charge in [0.1, 0.15) is 11.6 Å². The number of aliphatic hydroxyl groups is 1. The second kappa shape index (κ2) is 13.6.